The number of aromatic amines is 1. The Hall–Kier alpha value is -3.78. The Bertz CT molecular complexity index is 1270. The highest BCUT2D eigenvalue weighted by Gasteiger charge is 2.18. The average Bonchev–Trinajstić information content (AvgIpc) is 3.44. The number of halogens is 1. The number of nitrogens with zero attached hydrogens (tertiary/aromatic N) is 7. The van der Waals surface area contributed by atoms with Crippen LogP contribution in [0.3, 0.4) is 0 Å². The molecule has 0 radical (unpaired) electrons. The Balaban J connectivity index is 1.35. The number of benzene rings is 1. The Morgan fingerprint density at radius 3 is 2.65 bits per heavy atom. The summed E-state index contributed by atoms with van der Waals surface area (Å²) in [5.74, 6) is 0.346. The van der Waals surface area contributed by atoms with Gasteiger partial charge in [-0.15, -0.1) is 20.4 Å². The van der Waals surface area contributed by atoms with Crippen molar-refractivity contribution < 1.29 is 12.8 Å². The molecule has 3 N–H and O–H groups in total. The Morgan fingerprint density at radius 2 is 1.97 bits per heavy atom. The van der Waals surface area contributed by atoms with Gasteiger partial charge < -0.3 is 5.32 Å². The number of anilines is 1. The van der Waals surface area contributed by atoms with Crippen LogP contribution in [0.1, 0.15) is 5.69 Å². The van der Waals surface area contributed by atoms with E-state index in [9.17, 15) is 12.8 Å². The summed E-state index contributed by atoms with van der Waals surface area (Å²) in [4.78, 5) is -0.118. The Kier molecular flexibility index (Phi) is 5.64. The number of hydrogen-bond donors (Lipinski definition) is 3. The van der Waals surface area contributed by atoms with Crippen LogP contribution in [0.15, 0.2) is 47.5 Å². The highest BCUT2D eigenvalue weighted by molar-refractivity contribution is 7.89. The second kappa shape index (κ2) is 8.53. The number of aryl methyl sites for hydroxylation is 1. The van der Waals surface area contributed by atoms with Crippen molar-refractivity contribution in [2.24, 2.45) is 0 Å². The SMILES string of the molecule is Cc1ccn(-c2ccc(NCCNS(=O)(=O)c3ccc(F)c(-c4nn[nH]n4)c3)nn2)n1. The summed E-state index contributed by atoms with van der Waals surface area (Å²) in [6, 6.07) is 8.66. The quantitative estimate of drug-likeness (QED) is 0.333. The molecule has 14 heteroatoms. The van der Waals surface area contributed by atoms with Crippen molar-refractivity contribution in [1.29, 1.82) is 0 Å². The second-order valence-electron chi connectivity index (χ2n) is 6.38. The molecule has 0 spiro atoms. The number of aromatic nitrogens is 8. The number of hydrogen-bond acceptors (Lipinski definition) is 9. The highest BCUT2D eigenvalue weighted by atomic mass is 32.2. The van der Waals surface area contributed by atoms with Gasteiger partial charge in [0.15, 0.2) is 5.82 Å². The van der Waals surface area contributed by atoms with E-state index in [1.54, 1.807) is 23.0 Å². The van der Waals surface area contributed by atoms with E-state index in [2.05, 4.69) is 46.0 Å². The maximum Gasteiger partial charge on any atom is 0.240 e. The van der Waals surface area contributed by atoms with Gasteiger partial charge in [-0.25, -0.2) is 22.2 Å². The minimum atomic E-state index is -3.88. The van der Waals surface area contributed by atoms with Crippen molar-refractivity contribution in [2.75, 3.05) is 18.4 Å². The number of nitrogens with one attached hydrogen (secondary N) is 3. The molecule has 0 fully saturated rings. The summed E-state index contributed by atoms with van der Waals surface area (Å²) in [6.45, 7) is 2.20. The van der Waals surface area contributed by atoms with Crippen molar-refractivity contribution in [1.82, 2.24) is 45.3 Å². The molecular weight excluding hydrogens is 427 g/mol. The summed E-state index contributed by atoms with van der Waals surface area (Å²) >= 11 is 0. The van der Waals surface area contributed by atoms with Crippen LogP contribution in [0.5, 0.6) is 0 Å². The first-order valence-corrected chi connectivity index (χ1v) is 10.5. The Labute approximate surface area is 176 Å². The summed E-state index contributed by atoms with van der Waals surface area (Å²) in [7, 11) is -3.88. The van der Waals surface area contributed by atoms with Gasteiger partial charge in [0.25, 0.3) is 0 Å². The molecule has 160 valence electrons. The number of rotatable bonds is 8. The molecule has 0 saturated carbocycles. The lowest BCUT2D eigenvalue weighted by molar-refractivity contribution is 0.582. The fourth-order valence-corrected chi connectivity index (χ4v) is 3.72. The van der Waals surface area contributed by atoms with Gasteiger partial charge in [0.05, 0.1) is 16.2 Å². The average molecular weight is 444 g/mol. The molecule has 0 unspecified atom stereocenters. The first-order chi connectivity index (χ1) is 14.9. The molecule has 0 aliphatic carbocycles. The van der Waals surface area contributed by atoms with Gasteiger partial charge in [0.2, 0.25) is 15.8 Å². The van der Waals surface area contributed by atoms with Gasteiger partial charge in [-0.1, -0.05) is 0 Å². The van der Waals surface area contributed by atoms with Crippen LogP contribution < -0.4 is 10.0 Å². The van der Waals surface area contributed by atoms with Crippen molar-refractivity contribution in [3.05, 3.63) is 54.1 Å². The zero-order valence-corrected chi connectivity index (χ0v) is 17.0. The van der Waals surface area contributed by atoms with Crippen LogP contribution in [0.4, 0.5) is 10.2 Å². The smallest absolute Gasteiger partial charge is 0.240 e. The zero-order chi connectivity index (χ0) is 21.8. The minimum Gasteiger partial charge on any atom is -0.367 e. The van der Waals surface area contributed by atoms with E-state index in [-0.39, 0.29) is 29.4 Å². The van der Waals surface area contributed by atoms with Crippen LogP contribution in [0.25, 0.3) is 17.2 Å². The molecule has 0 bridgehead atoms. The molecule has 1 aromatic carbocycles. The van der Waals surface area contributed by atoms with Gasteiger partial charge in [-0.2, -0.15) is 10.3 Å². The van der Waals surface area contributed by atoms with E-state index in [0.717, 1.165) is 23.9 Å². The zero-order valence-electron chi connectivity index (χ0n) is 16.2. The molecule has 4 aromatic rings. The molecule has 0 atom stereocenters. The fraction of sp³-hybridized carbons (Fsp3) is 0.176. The first kappa shape index (κ1) is 20.5. The molecule has 0 amide bonds. The molecule has 0 aliphatic heterocycles. The second-order valence-corrected chi connectivity index (χ2v) is 8.15. The van der Waals surface area contributed by atoms with E-state index in [4.69, 9.17) is 0 Å². The molecule has 0 aliphatic rings. The lowest BCUT2D eigenvalue weighted by atomic mass is 10.2. The minimum absolute atomic E-state index is 0.0384. The van der Waals surface area contributed by atoms with Crippen molar-refractivity contribution in [3.8, 4) is 17.2 Å². The number of tetrazole rings is 1. The van der Waals surface area contributed by atoms with Crippen molar-refractivity contribution in [2.45, 2.75) is 11.8 Å². The third-order valence-corrected chi connectivity index (χ3v) is 5.62. The van der Waals surface area contributed by atoms with Crippen LogP contribution in [0, 0.1) is 12.7 Å². The van der Waals surface area contributed by atoms with Gasteiger partial charge in [-0.05, 0) is 48.5 Å². The number of H-pyrrole nitrogens is 1. The first-order valence-electron chi connectivity index (χ1n) is 9.06. The van der Waals surface area contributed by atoms with Gasteiger partial charge >= 0.3 is 0 Å². The summed E-state index contributed by atoms with van der Waals surface area (Å²) in [6.07, 6.45) is 1.78. The van der Waals surface area contributed by atoms with E-state index in [0.29, 0.717) is 11.6 Å². The number of sulfonamides is 1. The van der Waals surface area contributed by atoms with Crippen LogP contribution in [0.2, 0.25) is 0 Å². The largest absolute Gasteiger partial charge is 0.367 e. The lowest BCUT2D eigenvalue weighted by Gasteiger charge is -2.09. The summed E-state index contributed by atoms with van der Waals surface area (Å²) in [5.41, 5.74) is 0.791. The van der Waals surface area contributed by atoms with Gasteiger partial charge in [-0.3, -0.25) is 0 Å². The van der Waals surface area contributed by atoms with Gasteiger partial charge in [0.1, 0.15) is 11.6 Å². The van der Waals surface area contributed by atoms with Gasteiger partial charge in [0, 0.05) is 19.3 Å². The molecule has 31 heavy (non-hydrogen) atoms. The standard InChI is InChI=1S/C17H17FN10O2S/c1-11-6-9-28(25-11)16-5-4-15(21-22-16)19-7-8-20-31(29,30)12-2-3-14(18)13(10-12)17-23-26-27-24-17/h2-6,9-10,20H,7-8H2,1H3,(H,19,21)(H,23,24,26,27). The maximum atomic E-state index is 14.0. The topological polar surface area (TPSA) is 156 Å². The third-order valence-electron chi connectivity index (χ3n) is 4.17. The molecular formula is C17H17FN10O2S. The molecule has 12 nitrogen and oxygen atoms in total. The third kappa shape index (κ3) is 4.70. The Morgan fingerprint density at radius 1 is 1.10 bits per heavy atom. The predicted octanol–water partition coefficient (Wildman–Crippen LogP) is 0.680. The van der Waals surface area contributed by atoms with E-state index >= 15 is 0 Å². The molecule has 3 heterocycles. The van der Waals surface area contributed by atoms with Crippen LogP contribution in [-0.2, 0) is 10.0 Å². The van der Waals surface area contributed by atoms with E-state index < -0.39 is 15.8 Å². The normalized spacial score (nSPS) is 11.5. The van der Waals surface area contributed by atoms with Crippen molar-refractivity contribution >= 4 is 15.8 Å². The summed E-state index contributed by atoms with van der Waals surface area (Å²) < 4.78 is 43.1. The molecule has 3 aromatic heterocycles. The van der Waals surface area contributed by atoms with Crippen LogP contribution >= 0.6 is 0 Å². The maximum absolute atomic E-state index is 14.0. The van der Waals surface area contributed by atoms with Crippen molar-refractivity contribution in [3.63, 3.8) is 0 Å². The summed E-state index contributed by atoms with van der Waals surface area (Å²) in [5, 5.41) is 28.2. The van der Waals surface area contributed by atoms with E-state index in [1.807, 2.05) is 13.0 Å². The lowest BCUT2D eigenvalue weighted by Crippen LogP contribution is -2.29. The highest BCUT2D eigenvalue weighted by Crippen LogP contribution is 2.22. The fourth-order valence-electron chi connectivity index (χ4n) is 2.66. The molecule has 0 saturated heterocycles. The predicted molar refractivity (Wildman–Crippen MR) is 107 cm³/mol. The van der Waals surface area contributed by atoms with E-state index in [1.165, 1.54) is 0 Å². The monoisotopic (exact) mass is 444 g/mol. The van der Waals surface area contributed by atoms with Crippen LogP contribution in [-0.4, -0.2) is 62.1 Å². The molecule has 4 rings (SSSR count).